The molecule has 3 heterocycles. The zero-order valence-electron chi connectivity index (χ0n) is 16.8. The summed E-state index contributed by atoms with van der Waals surface area (Å²) in [5, 5.41) is 0.950. The second-order valence-corrected chi connectivity index (χ2v) is 7.68. The number of aromatic amines is 1. The molecule has 1 N–H and O–H groups in total. The van der Waals surface area contributed by atoms with Gasteiger partial charge in [-0.2, -0.15) is 0 Å². The summed E-state index contributed by atoms with van der Waals surface area (Å²) in [7, 11) is 0. The third kappa shape index (κ3) is 3.21. The highest BCUT2D eigenvalue weighted by molar-refractivity contribution is 6.10. The molecule has 0 aliphatic carbocycles. The minimum atomic E-state index is -0.244. The number of para-hydroxylation sites is 1. The van der Waals surface area contributed by atoms with Crippen molar-refractivity contribution in [1.29, 1.82) is 0 Å². The van der Waals surface area contributed by atoms with E-state index >= 15 is 0 Å². The molecule has 2 aliphatic rings. The Balaban J connectivity index is 1.24. The predicted octanol–water partition coefficient (Wildman–Crippen LogP) is 2.93. The van der Waals surface area contributed by atoms with Gasteiger partial charge in [0.15, 0.2) is 17.3 Å². The molecule has 7 heteroatoms. The fourth-order valence-electron chi connectivity index (χ4n) is 4.19. The molecule has 0 saturated carbocycles. The van der Waals surface area contributed by atoms with Crippen molar-refractivity contribution < 1.29 is 19.1 Å². The Morgan fingerprint density at radius 2 is 1.77 bits per heavy atom. The zero-order chi connectivity index (χ0) is 20.7. The number of ketones is 1. The molecule has 154 valence electrons. The molecular weight excluding hydrogens is 382 g/mol. The quantitative estimate of drug-likeness (QED) is 0.676. The second kappa shape index (κ2) is 7.50. The van der Waals surface area contributed by atoms with Crippen molar-refractivity contribution in [3.8, 4) is 11.5 Å². The highest BCUT2D eigenvalue weighted by Crippen LogP contribution is 2.33. The third-order valence-electron chi connectivity index (χ3n) is 6.00. The fraction of sp³-hybridized carbons (Fsp3) is 0.304. The van der Waals surface area contributed by atoms with Crippen molar-refractivity contribution in [3.05, 3.63) is 59.8 Å². The molecule has 5 rings (SSSR count). The van der Waals surface area contributed by atoms with Crippen LogP contribution in [0.1, 0.15) is 27.6 Å². The van der Waals surface area contributed by atoms with Crippen LogP contribution in [0.25, 0.3) is 10.9 Å². The topological polar surface area (TPSA) is 74.9 Å². The van der Waals surface area contributed by atoms with E-state index in [1.54, 1.807) is 24.4 Å². The van der Waals surface area contributed by atoms with Gasteiger partial charge in [-0.15, -0.1) is 0 Å². The van der Waals surface area contributed by atoms with Crippen LogP contribution in [0.2, 0.25) is 0 Å². The van der Waals surface area contributed by atoms with Crippen LogP contribution in [0, 0.1) is 0 Å². The number of hydrogen-bond donors (Lipinski definition) is 1. The molecule has 2 aromatic carbocycles. The smallest absolute Gasteiger partial charge is 0.254 e. The van der Waals surface area contributed by atoms with Crippen LogP contribution in [-0.2, 0) is 0 Å². The number of aromatic nitrogens is 1. The van der Waals surface area contributed by atoms with Crippen LogP contribution < -0.4 is 9.47 Å². The molecule has 1 saturated heterocycles. The number of piperazine rings is 1. The van der Waals surface area contributed by atoms with Gasteiger partial charge in [0.25, 0.3) is 5.91 Å². The van der Waals surface area contributed by atoms with Gasteiger partial charge >= 0.3 is 0 Å². The average molecular weight is 405 g/mol. The van der Waals surface area contributed by atoms with E-state index in [0.717, 1.165) is 16.5 Å². The van der Waals surface area contributed by atoms with E-state index in [9.17, 15) is 9.59 Å². The summed E-state index contributed by atoms with van der Waals surface area (Å²) in [6, 6.07) is 12.9. The monoisotopic (exact) mass is 405 g/mol. The maximum Gasteiger partial charge on any atom is 0.254 e. The third-order valence-corrected chi connectivity index (χ3v) is 6.00. The van der Waals surface area contributed by atoms with E-state index in [2.05, 4.69) is 9.88 Å². The van der Waals surface area contributed by atoms with Gasteiger partial charge in [0.1, 0.15) is 0 Å². The van der Waals surface area contributed by atoms with Gasteiger partial charge in [-0.1, -0.05) is 18.2 Å². The maximum atomic E-state index is 13.1. The fourth-order valence-corrected chi connectivity index (χ4v) is 4.19. The molecule has 1 amide bonds. The SMILES string of the molecule is CC(C(=O)c1c[nH]c2ccccc12)N1CCN(C(=O)c2ccc3c(c2)OCO3)CC1. The largest absolute Gasteiger partial charge is 0.454 e. The molecule has 30 heavy (non-hydrogen) atoms. The molecular formula is C23H23N3O4. The lowest BCUT2D eigenvalue weighted by Gasteiger charge is -2.37. The van der Waals surface area contributed by atoms with Crippen LogP contribution in [-0.4, -0.2) is 65.5 Å². The molecule has 2 aliphatic heterocycles. The van der Waals surface area contributed by atoms with E-state index in [-0.39, 0.29) is 24.5 Å². The van der Waals surface area contributed by atoms with Gasteiger partial charge in [-0.25, -0.2) is 0 Å². The second-order valence-electron chi connectivity index (χ2n) is 7.68. The Morgan fingerprint density at radius 3 is 2.60 bits per heavy atom. The molecule has 0 radical (unpaired) electrons. The summed E-state index contributed by atoms with van der Waals surface area (Å²) >= 11 is 0. The number of benzene rings is 2. The summed E-state index contributed by atoms with van der Waals surface area (Å²) in [6.07, 6.45) is 1.79. The highest BCUT2D eigenvalue weighted by Gasteiger charge is 2.30. The highest BCUT2D eigenvalue weighted by atomic mass is 16.7. The Morgan fingerprint density at radius 1 is 1.00 bits per heavy atom. The minimum absolute atomic E-state index is 0.0245. The van der Waals surface area contributed by atoms with E-state index in [1.807, 2.05) is 36.1 Å². The molecule has 0 bridgehead atoms. The first-order valence-corrected chi connectivity index (χ1v) is 10.1. The van der Waals surface area contributed by atoms with Crippen molar-refractivity contribution in [3.63, 3.8) is 0 Å². The van der Waals surface area contributed by atoms with Crippen LogP contribution >= 0.6 is 0 Å². The van der Waals surface area contributed by atoms with Gasteiger partial charge in [0.05, 0.1) is 6.04 Å². The van der Waals surface area contributed by atoms with Crippen molar-refractivity contribution >= 4 is 22.6 Å². The molecule has 1 atom stereocenters. The van der Waals surface area contributed by atoms with Crippen molar-refractivity contribution in [2.75, 3.05) is 33.0 Å². The van der Waals surface area contributed by atoms with Crippen LogP contribution in [0.5, 0.6) is 11.5 Å². The summed E-state index contributed by atoms with van der Waals surface area (Å²) in [6.45, 7) is 4.61. The summed E-state index contributed by atoms with van der Waals surface area (Å²) < 4.78 is 10.7. The average Bonchev–Trinajstić information content (AvgIpc) is 3.44. The molecule has 7 nitrogen and oxygen atoms in total. The summed E-state index contributed by atoms with van der Waals surface area (Å²) in [5.74, 6) is 1.35. The normalized spacial score (nSPS) is 17.3. The van der Waals surface area contributed by atoms with E-state index in [0.29, 0.717) is 43.2 Å². The van der Waals surface area contributed by atoms with Crippen molar-refractivity contribution in [2.24, 2.45) is 0 Å². The zero-order valence-corrected chi connectivity index (χ0v) is 16.8. The number of rotatable bonds is 4. The Kier molecular flexibility index (Phi) is 4.67. The summed E-state index contributed by atoms with van der Waals surface area (Å²) in [5.41, 5.74) is 2.28. The molecule has 3 aromatic rings. The minimum Gasteiger partial charge on any atom is -0.454 e. The van der Waals surface area contributed by atoms with E-state index in [1.165, 1.54) is 0 Å². The number of nitrogens with one attached hydrogen (secondary N) is 1. The Hall–Kier alpha value is -3.32. The van der Waals surface area contributed by atoms with Gasteiger partial charge in [0.2, 0.25) is 6.79 Å². The molecule has 1 aromatic heterocycles. The van der Waals surface area contributed by atoms with E-state index in [4.69, 9.17) is 9.47 Å². The van der Waals surface area contributed by atoms with E-state index < -0.39 is 0 Å². The van der Waals surface area contributed by atoms with Crippen molar-refractivity contribution in [2.45, 2.75) is 13.0 Å². The first-order chi connectivity index (χ1) is 14.6. The van der Waals surface area contributed by atoms with Gasteiger partial charge in [-0.3, -0.25) is 14.5 Å². The maximum absolute atomic E-state index is 13.1. The molecule has 1 fully saturated rings. The van der Waals surface area contributed by atoms with Crippen LogP contribution in [0.3, 0.4) is 0 Å². The Labute approximate surface area is 174 Å². The number of nitrogens with zero attached hydrogens (tertiary/aromatic N) is 2. The number of ether oxygens (including phenoxy) is 2. The van der Waals surface area contributed by atoms with Gasteiger partial charge in [0, 0.05) is 54.4 Å². The standard InChI is InChI=1S/C23H23N3O4/c1-15(22(27)18-13-24-19-5-3-2-4-17(18)19)25-8-10-26(11-9-25)23(28)16-6-7-20-21(12-16)30-14-29-20/h2-7,12-13,15,24H,8-11,14H2,1H3. The number of H-pyrrole nitrogens is 1. The number of amides is 1. The number of hydrogen-bond acceptors (Lipinski definition) is 5. The number of carbonyl (C=O) groups is 2. The lowest BCUT2D eigenvalue weighted by atomic mass is 10.0. The molecule has 0 spiro atoms. The lowest BCUT2D eigenvalue weighted by molar-refractivity contribution is 0.0552. The lowest BCUT2D eigenvalue weighted by Crippen LogP contribution is -2.53. The number of Topliss-reactive ketones (excluding diaryl/α,β-unsaturated/α-hetero) is 1. The summed E-state index contributed by atoms with van der Waals surface area (Å²) in [4.78, 5) is 33.1. The van der Waals surface area contributed by atoms with Crippen molar-refractivity contribution in [1.82, 2.24) is 14.8 Å². The van der Waals surface area contributed by atoms with Crippen LogP contribution in [0.15, 0.2) is 48.7 Å². The Bertz CT molecular complexity index is 1110. The number of fused-ring (bicyclic) bond motifs is 2. The number of carbonyl (C=O) groups excluding carboxylic acids is 2. The predicted molar refractivity (Wildman–Crippen MR) is 112 cm³/mol. The van der Waals surface area contributed by atoms with Gasteiger partial charge < -0.3 is 19.4 Å². The van der Waals surface area contributed by atoms with Crippen LogP contribution in [0.4, 0.5) is 0 Å². The van der Waals surface area contributed by atoms with Gasteiger partial charge in [-0.05, 0) is 31.2 Å². The molecule has 1 unspecified atom stereocenters. The first-order valence-electron chi connectivity index (χ1n) is 10.1. The first kappa shape index (κ1) is 18.7.